The first kappa shape index (κ1) is 15.1. The maximum absolute atomic E-state index is 12.3. The summed E-state index contributed by atoms with van der Waals surface area (Å²) in [7, 11) is 1.21. The van der Waals surface area contributed by atoms with Crippen molar-refractivity contribution in [3.05, 3.63) is 17.5 Å². The quantitative estimate of drug-likeness (QED) is 0.792. The van der Waals surface area contributed by atoms with Gasteiger partial charge in [0, 0.05) is 0 Å². The van der Waals surface area contributed by atoms with Crippen molar-refractivity contribution < 1.29 is 32.2 Å². The predicted octanol–water partition coefficient (Wildman–Crippen LogP) is 2.47. The van der Waals surface area contributed by atoms with Crippen molar-refractivity contribution in [2.75, 3.05) is 13.7 Å². The molecule has 0 aromatic carbocycles. The van der Waals surface area contributed by atoms with Crippen molar-refractivity contribution in [2.24, 2.45) is 0 Å². The lowest BCUT2D eigenvalue weighted by Gasteiger charge is -2.15. The normalized spacial score (nSPS) is 11.1. The van der Waals surface area contributed by atoms with Crippen LogP contribution in [-0.4, -0.2) is 31.0 Å². The highest BCUT2D eigenvalue weighted by Gasteiger charge is 2.35. The molecule has 0 fully saturated rings. The fourth-order valence-corrected chi connectivity index (χ4v) is 1.42. The molecule has 0 amide bonds. The fourth-order valence-electron chi connectivity index (χ4n) is 1.42. The van der Waals surface area contributed by atoms with Crippen LogP contribution >= 0.6 is 0 Å². The second-order valence-electron chi connectivity index (χ2n) is 3.38. The number of nitrogens with zero attached hydrogens (tertiary/aromatic N) is 1. The van der Waals surface area contributed by atoms with Gasteiger partial charge in [0.05, 0.1) is 25.6 Å². The SMILES string of the molecule is CCOC(=O)c1c(OC(F)(F)F)cnc(C)c1OC. The Balaban J connectivity index is 3.34. The lowest BCUT2D eigenvalue weighted by molar-refractivity contribution is -0.274. The number of rotatable bonds is 4. The van der Waals surface area contributed by atoms with E-state index in [4.69, 9.17) is 4.74 Å². The van der Waals surface area contributed by atoms with E-state index in [2.05, 4.69) is 14.5 Å². The van der Waals surface area contributed by atoms with Crippen molar-refractivity contribution in [3.8, 4) is 11.5 Å². The number of carbonyl (C=O) groups excluding carboxylic acids is 1. The molecule has 106 valence electrons. The van der Waals surface area contributed by atoms with Crippen LogP contribution in [0.3, 0.4) is 0 Å². The van der Waals surface area contributed by atoms with Gasteiger partial charge in [-0.1, -0.05) is 0 Å². The minimum absolute atomic E-state index is 0.00875. The van der Waals surface area contributed by atoms with Crippen LogP contribution in [0.4, 0.5) is 13.2 Å². The number of esters is 1. The first-order valence-electron chi connectivity index (χ1n) is 5.26. The van der Waals surface area contributed by atoms with Crippen molar-refractivity contribution in [1.29, 1.82) is 0 Å². The zero-order chi connectivity index (χ0) is 14.6. The van der Waals surface area contributed by atoms with E-state index in [1.807, 2.05) is 0 Å². The lowest BCUT2D eigenvalue weighted by Crippen LogP contribution is -2.20. The third-order valence-electron chi connectivity index (χ3n) is 2.09. The molecular formula is C11H12F3NO4. The molecule has 1 aromatic rings. The largest absolute Gasteiger partial charge is 0.573 e. The molecule has 19 heavy (non-hydrogen) atoms. The Labute approximate surface area is 107 Å². The van der Waals surface area contributed by atoms with Gasteiger partial charge in [0.15, 0.2) is 11.5 Å². The standard InChI is InChI=1S/C11H12F3NO4/c1-4-18-10(16)8-7(19-11(12,13)14)5-15-6(2)9(8)17-3/h5H,4H2,1-3H3. The van der Waals surface area contributed by atoms with Gasteiger partial charge < -0.3 is 14.2 Å². The van der Waals surface area contributed by atoms with Gasteiger partial charge in [-0.05, 0) is 13.8 Å². The van der Waals surface area contributed by atoms with Crippen molar-refractivity contribution in [3.63, 3.8) is 0 Å². The van der Waals surface area contributed by atoms with E-state index < -0.39 is 23.6 Å². The van der Waals surface area contributed by atoms with Gasteiger partial charge in [0.1, 0.15) is 5.56 Å². The molecule has 5 nitrogen and oxygen atoms in total. The van der Waals surface area contributed by atoms with Gasteiger partial charge in [0.2, 0.25) is 0 Å². The summed E-state index contributed by atoms with van der Waals surface area (Å²) in [6.07, 6.45) is -4.14. The number of halogens is 3. The van der Waals surface area contributed by atoms with Crippen LogP contribution in [0.1, 0.15) is 23.0 Å². The molecule has 0 bridgehead atoms. The fraction of sp³-hybridized carbons (Fsp3) is 0.455. The van der Waals surface area contributed by atoms with E-state index in [1.54, 1.807) is 0 Å². The smallest absolute Gasteiger partial charge is 0.494 e. The second-order valence-corrected chi connectivity index (χ2v) is 3.38. The molecule has 1 heterocycles. The summed E-state index contributed by atoms with van der Waals surface area (Å²) in [6, 6.07) is 0. The summed E-state index contributed by atoms with van der Waals surface area (Å²) in [6.45, 7) is 3.02. The number of methoxy groups -OCH3 is 1. The minimum atomic E-state index is -4.94. The molecule has 0 aliphatic rings. The van der Waals surface area contributed by atoms with Crippen LogP contribution in [0, 0.1) is 6.92 Å². The van der Waals surface area contributed by atoms with E-state index >= 15 is 0 Å². The van der Waals surface area contributed by atoms with E-state index in [9.17, 15) is 18.0 Å². The van der Waals surface area contributed by atoms with E-state index in [0.717, 1.165) is 6.20 Å². The summed E-state index contributed by atoms with van der Waals surface area (Å²) in [5, 5.41) is 0. The average Bonchev–Trinajstić information content (AvgIpc) is 2.29. The van der Waals surface area contributed by atoms with Gasteiger partial charge in [0.25, 0.3) is 0 Å². The third-order valence-corrected chi connectivity index (χ3v) is 2.09. The molecule has 0 aliphatic carbocycles. The Bertz CT molecular complexity index is 474. The first-order valence-corrected chi connectivity index (χ1v) is 5.26. The Morgan fingerprint density at radius 1 is 1.42 bits per heavy atom. The van der Waals surface area contributed by atoms with Crippen LogP contribution in [0.15, 0.2) is 6.20 Å². The number of hydrogen-bond acceptors (Lipinski definition) is 5. The number of alkyl halides is 3. The van der Waals surface area contributed by atoms with Crippen LogP contribution in [0.2, 0.25) is 0 Å². The molecule has 1 aromatic heterocycles. The highest BCUT2D eigenvalue weighted by molar-refractivity contribution is 5.95. The number of hydrogen-bond donors (Lipinski definition) is 0. The Morgan fingerprint density at radius 2 is 2.05 bits per heavy atom. The molecule has 0 saturated heterocycles. The van der Waals surface area contributed by atoms with Crippen molar-refractivity contribution >= 4 is 5.97 Å². The topological polar surface area (TPSA) is 57.7 Å². The zero-order valence-electron chi connectivity index (χ0n) is 10.5. The Morgan fingerprint density at radius 3 is 2.53 bits per heavy atom. The van der Waals surface area contributed by atoms with Crippen LogP contribution < -0.4 is 9.47 Å². The van der Waals surface area contributed by atoms with Crippen molar-refractivity contribution in [1.82, 2.24) is 4.98 Å². The number of carbonyl (C=O) groups is 1. The number of aryl methyl sites for hydroxylation is 1. The summed E-state index contributed by atoms with van der Waals surface area (Å²) in [5.41, 5.74) is -0.186. The van der Waals surface area contributed by atoms with Gasteiger partial charge in [-0.3, -0.25) is 4.98 Å². The first-order chi connectivity index (χ1) is 8.80. The number of pyridine rings is 1. The summed E-state index contributed by atoms with van der Waals surface area (Å²) < 4.78 is 50.1. The van der Waals surface area contributed by atoms with E-state index in [-0.39, 0.29) is 18.1 Å². The summed E-state index contributed by atoms with van der Waals surface area (Å²) in [4.78, 5) is 15.4. The molecule has 0 atom stereocenters. The maximum Gasteiger partial charge on any atom is 0.573 e. The molecule has 8 heteroatoms. The van der Waals surface area contributed by atoms with E-state index in [0.29, 0.717) is 0 Å². The second kappa shape index (κ2) is 5.77. The number of ether oxygens (including phenoxy) is 3. The van der Waals surface area contributed by atoms with Crippen LogP contribution in [0.5, 0.6) is 11.5 Å². The third kappa shape index (κ3) is 3.73. The zero-order valence-corrected chi connectivity index (χ0v) is 10.5. The van der Waals surface area contributed by atoms with Crippen LogP contribution in [-0.2, 0) is 4.74 Å². The summed E-state index contributed by atoms with van der Waals surface area (Å²) >= 11 is 0. The molecule has 0 saturated carbocycles. The molecule has 0 spiro atoms. The number of aromatic nitrogens is 1. The van der Waals surface area contributed by atoms with E-state index in [1.165, 1.54) is 21.0 Å². The van der Waals surface area contributed by atoms with Crippen molar-refractivity contribution in [2.45, 2.75) is 20.2 Å². The van der Waals surface area contributed by atoms with Crippen LogP contribution in [0.25, 0.3) is 0 Å². The van der Waals surface area contributed by atoms with Gasteiger partial charge in [-0.15, -0.1) is 13.2 Å². The summed E-state index contributed by atoms with van der Waals surface area (Å²) in [5.74, 6) is -1.84. The lowest BCUT2D eigenvalue weighted by atomic mass is 10.2. The van der Waals surface area contributed by atoms with Gasteiger partial charge in [-0.2, -0.15) is 0 Å². The predicted molar refractivity (Wildman–Crippen MR) is 58.2 cm³/mol. The molecule has 0 aliphatic heterocycles. The Kier molecular flexibility index (Phi) is 4.57. The molecule has 0 N–H and O–H groups in total. The average molecular weight is 279 g/mol. The maximum atomic E-state index is 12.3. The molecular weight excluding hydrogens is 267 g/mol. The molecule has 0 unspecified atom stereocenters. The van der Waals surface area contributed by atoms with Gasteiger partial charge in [-0.25, -0.2) is 4.79 Å². The highest BCUT2D eigenvalue weighted by Crippen LogP contribution is 2.34. The molecule has 1 rings (SSSR count). The monoisotopic (exact) mass is 279 g/mol. The van der Waals surface area contributed by atoms with Gasteiger partial charge >= 0.3 is 12.3 Å². The highest BCUT2D eigenvalue weighted by atomic mass is 19.4. The Hall–Kier alpha value is -1.99. The minimum Gasteiger partial charge on any atom is -0.494 e. The molecule has 0 radical (unpaired) electrons.